The minimum Gasteiger partial charge on any atom is -0.494 e. The highest BCUT2D eigenvalue weighted by Crippen LogP contribution is 2.27. The smallest absolute Gasteiger partial charge is 0.336 e. The van der Waals surface area contributed by atoms with Crippen molar-refractivity contribution in [1.29, 1.82) is 0 Å². The molecule has 4 heteroatoms. The molecule has 0 bridgehead atoms. The molecule has 0 saturated carbocycles. The number of aliphatic carboxylic acids is 1. The highest BCUT2D eigenvalue weighted by atomic mass is 16.5. The van der Waals surface area contributed by atoms with Gasteiger partial charge in [-0.2, -0.15) is 0 Å². The first-order valence-corrected chi connectivity index (χ1v) is 8.41. The molecule has 0 unspecified atom stereocenters. The molecule has 4 nitrogen and oxygen atoms in total. The number of hydrogen-bond donors (Lipinski definition) is 1. The average molecular weight is 340 g/mol. The van der Waals surface area contributed by atoms with Crippen LogP contribution in [0.15, 0.2) is 48.5 Å². The van der Waals surface area contributed by atoms with Crippen molar-refractivity contribution in [2.45, 2.75) is 20.8 Å². The second-order valence-corrected chi connectivity index (χ2v) is 6.07. The van der Waals surface area contributed by atoms with E-state index in [1.54, 1.807) is 24.3 Å². The van der Waals surface area contributed by atoms with Crippen molar-refractivity contribution in [3.63, 3.8) is 0 Å². The van der Waals surface area contributed by atoms with Crippen molar-refractivity contribution in [1.82, 2.24) is 0 Å². The third kappa shape index (κ3) is 5.38. The van der Waals surface area contributed by atoms with Crippen molar-refractivity contribution in [3.8, 4) is 11.5 Å². The van der Waals surface area contributed by atoms with Crippen molar-refractivity contribution in [3.05, 3.63) is 59.7 Å². The normalized spacial score (nSPS) is 11.4. The molecule has 1 N–H and O–H groups in total. The number of carboxylic acid groups (broad SMARTS) is 1. The zero-order valence-corrected chi connectivity index (χ0v) is 14.9. The molecule has 0 atom stereocenters. The monoisotopic (exact) mass is 340 g/mol. The van der Waals surface area contributed by atoms with Gasteiger partial charge < -0.3 is 14.6 Å². The summed E-state index contributed by atoms with van der Waals surface area (Å²) in [5.74, 6) is 0.721. The fraction of sp³-hybridized carbons (Fsp3) is 0.286. The number of para-hydroxylation sites is 1. The minimum absolute atomic E-state index is 0.196. The predicted molar refractivity (Wildman–Crippen MR) is 99.9 cm³/mol. The molecule has 0 heterocycles. The molecule has 2 aromatic rings. The van der Waals surface area contributed by atoms with Crippen molar-refractivity contribution in [2.24, 2.45) is 5.92 Å². The topological polar surface area (TPSA) is 55.8 Å². The minimum atomic E-state index is -0.993. The van der Waals surface area contributed by atoms with Gasteiger partial charge in [-0.05, 0) is 42.7 Å². The largest absolute Gasteiger partial charge is 0.494 e. The van der Waals surface area contributed by atoms with Crippen LogP contribution in [0.2, 0.25) is 0 Å². The predicted octanol–water partition coefficient (Wildman–Crippen LogP) is 4.75. The third-order valence-corrected chi connectivity index (χ3v) is 3.48. The summed E-state index contributed by atoms with van der Waals surface area (Å²) in [4.78, 5) is 11.8. The Kier molecular flexibility index (Phi) is 6.63. The molecule has 2 aromatic carbocycles. The summed E-state index contributed by atoms with van der Waals surface area (Å²) in [5.41, 5.74) is 1.53. The molecule has 2 rings (SSSR count). The zero-order chi connectivity index (χ0) is 18.2. The molecule has 0 radical (unpaired) electrons. The summed E-state index contributed by atoms with van der Waals surface area (Å²) in [6.07, 6.45) is 1.64. The lowest BCUT2D eigenvalue weighted by molar-refractivity contribution is -0.130. The van der Waals surface area contributed by atoms with E-state index in [0.717, 1.165) is 5.56 Å². The molecule has 132 valence electrons. The number of benzene rings is 2. The lowest BCUT2D eigenvalue weighted by Crippen LogP contribution is -2.06. The molecule has 0 amide bonds. The first-order valence-electron chi connectivity index (χ1n) is 8.41. The first-order chi connectivity index (χ1) is 12.0. The molecule has 25 heavy (non-hydrogen) atoms. The van der Waals surface area contributed by atoms with Crippen LogP contribution in [0.5, 0.6) is 11.5 Å². The molecule has 0 spiro atoms. The van der Waals surface area contributed by atoms with Gasteiger partial charge in [0.2, 0.25) is 0 Å². The van der Waals surface area contributed by atoms with Crippen molar-refractivity contribution >= 4 is 17.6 Å². The van der Waals surface area contributed by atoms with E-state index in [1.165, 1.54) is 0 Å². The van der Waals surface area contributed by atoms with Gasteiger partial charge in [-0.25, -0.2) is 4.79 Å². The van der Waals surface area contributed by atoms with Crippen LogP contribution < -0.4 is 9.47 Å². The van der Waals surface area contributed by atoms with E-state index in [9.17, 15) is 9.90 Å². The Morgan fingerprint density at radius 1 is 1.12 bits per heavy atom. The Labute approximate surface area is 148 Å². The number of carbonyl (C=O) groups is 1. The van der Waals surface area contributed by atoms with Crippen LogP contribution in [0.25, 0.3) is 11.6 Å². The van der Waals surface area contributed by atoms with E-state index >= 15 is 0 Å². The zero-order valence-electron chi connectivity index (χ0n) is 14.9. The van der Waals surface area contributed by atoms with Crippen LogP contribution in [0.3, 0.4) is 0 Å². The average Bonchev–Trinajstić information content (AvgIpc) is 2.59. The van der Waals surface area contributed by atoms with Crippen LogP contribution in [0.4, 0.5) is 0 Å². The Bertz CT molecular complexity index is 747. The van der Waals surface area contributed by atoms with E-state index < -0.39 is 5.97 Å². The quantitative estimate of drug-likeness (QED) is 0.557. The molecule has 0 aliphatic heterocycles. The maximum atomic E-state index is 11.8. The molecule has 0 saturated heterocycles. The van der Waals surface area contributed by atoms with Crippen LogP contribution in [0, 0.1) is 5.92 Å². The molecule has 0 fully saturated rings. The Morgan fingerprint density at radius 3 is 2.56 bits per heavy atom. The summed E-state index contributed by atoms with van der Waals surface area (Å²) >= 11 is 0. The number of carboxylic acids is 1. The number of rotatable bonds is 8. The Hall–Kier alpha value is -2.75. The summed E-state index contributed by atoms with van der Waals surface area (Å²) < 4.78 is 11.3. The summed E-state index contributed by atoms with van der Waals surface area (Å²) in [6.45, 7) is 7.14. The van der Waals surface area contributed by atoms with Gasteiger partial charge in [-0.15, -0.1) is 0 Å². The van der Waals surface area contributed by atoms with Gasteiger partial charge in [0.25, 0.3) is 0 Å². The molecular formula is C21H24O4. The maximum absolute atomic E-state index is 11.8. The Morgan fingerprint density at radius 2 is 1.88 bits per heavy atom. The summed E-state index contributed by atoms with van der Waals surface area (Å²) in [6, 6.07) is 14.5. The maximum Gasteiger partial charge on any atom is 0.336 e. The molecule has 0 aliphatic carbocycles. The first kappa shape index (κ1) is 18.6. The van der Waals surface area contributed by atoms with Gasteiger partial charge in [0.05, 0.1) is 18.8 Å². The van der Waals surface area contributed by atoms with Gasteiger partial charge in [-0.1, -0.05) is 44.2 Å². The van der Waals surface area contributed by atoms with Crippen LogP contribution in [-0.2, 0) is 4.79 Å². The Balaban J connectivity index is 2.41. The van der Waals surface area contributed by atoms with Gasteiger partial charge >= 0.3 is 5.97 Å². The van der Waals surface area contributed by atoms with E-state index in [2.05, 4.69) is 13.8 Å². The lowest BCUT2D eigenvalue weighted by atomic mass is 10.0. The standard InChI is InChI=1S/C21H24O4/c1-4-24-18-10-7-9-16(12-18)19(21(22)23)13-17-8-5-6-11-20(17)25-14-15(2)3/h5-13,15H,4,14H2,1-3H3,(H,22,23)/b19-13-. The van der Waals surface area contributed by atoms with Crippen LogP contribution in [0.1, 0.15) is 31.9 Å². The van der Waals surface area contributed by atoms with Gasteiger partial charge in [0.15, 0.2) is 0 Å². The van der Waals surface area contributed by atoms with E-state index in [-0.39, 0.29) is 5.57 Å². The van der Waals surface area contributed by atoms with E-state index in [4.69, 9.17) is 9.47 Å². The second kappa shape index (κ2) is 8.92. The van der Waals surface area contributed by atoms with Crippen LogP contribution in [-0.4, -0.2) is 24.3 Å². The highest BCUT2D eigenvalue weighted by molar-refractivity contribution is 6.20. The highest BCUT2D eigenvalue weighted by Gasteiger charge is 2.13. The third-order valence-electron chi connectivity index (χ3n) is 3.48. The molecule has 0 aromatic heterocycles. The SMILES string of the molecule is CCOc1cccc(/C(=C/c2ccccc2OCC(C)C)C(=O)O)c1. The summed E-state index contributed by atoms with van der Waals surface area (Å²) in [5, 5.41) is 9.67. The lowest BCUT2D eigenvalue weighted by Gasteiger charge is -2.12. The van der Waals surface area contributed by atoms with E-state index in [0.29, 0.717) is 36.2 Å². The molecule has 0 aliphatic rings. The van der Waals surface area contributed by atoms with Crippen molar-refractivity contribution < 1.29 is 19.4 Å². The van der Waals surface area contributed by atoms with Crippen molar-refractivity contribution in [2.75, 3.05) is 13.2 Å². The number of hydrogen-bond acceptors (Lipinski definition) is 3. The van der Waals surface area contributed by atoms with Gasteiger partial charge in [0, 0.05) is 5.56 Å². The fourth-order valence-electron chi connectivity index (χ4n) is 2.33. The number of ether oxygens (including phenoxy) is 2. The second-order valence-electron chi connectivity index (χ2n) is 6.07. The van der Waals surface area contributed by atoms with Gasteiger partial charge in [0.1, 0.15) is 11.5 Å². The fourth-order valence-corrected chi connectivity index (χ4v) is 2.33. The summed E-state index contributed by atoms with van der Waals surface area (Å²) in [7, 11) is 0. The van der Waals surface area contributed by atoms with Gasteiger partial charge in [-0.3, -0.25) is 0 Å². The van der Waals surface area contributed by atoms with Crippen LogP contribution >= 0.6 is 0 Å². The van der Waals surface area contributed by atoms with E-state index in [1.807, 2.05) is 37.3 Å². The molecular weight excluding hydrogens is 316 g/mol.